The summed E-state index contributed by atoms with van der Waals surface area (Å²) in [6.07, 6.45) is -1.80. The third-order valence-electron chi connectivity index (χ3n) is 2.31. The summed E-state index contributed by atoms with van der Waals surface area (Å²) in [5.41, 5.74) is -1.11. The minimum Gasteiger partial charge on any atom is -0.383 e. The molecule has 1 aromatic rings. The molecule has 0 bridgehead atoms. The molecule has 106 valence electrons. The molecule has 1 rings (SSSR count). The van der Waals surface area contributed by atoms with Crippen molar-refractivity contribution >= 4 is 11.8 Å². The van der Waals surface area contributed by atoms with E-state index >= 15 is 0 Å². The highest BCUT2D eigenvalue weighted by atomic mass is 19.4. The summed E-state index contributed by atoms with van der Waals surface area (Å²) < 4.78 is 38.8. The van der Waals surface area contributed by atoms with E-state index in [4.69, 9.17) is 0 Å². The molecule has 0 saturated carbocycles. The molecular weight excluding hydrogens is 261 g/mol. The zero-order chi connectivity index (χ0) is 14.6. The van der Waals surface area contributed by atoms with Crippen LogP contribution in [0.5, 0.6) is 0 Å². The standard InChI is InChI=1S/C12H15F3N2O2/c1-16(2)8-7-9-10(12(13,14)15)5-4-6-11(9)17(18)19-3/h4-8,18H,1-3H3/b8-7+. The molecule has 0 amide bonds. The van der Waals surface area contributed by atoms with E-state index in [1.165, 1.54) is 24.4 Å². The SMILES string of the molecule is CON(O)c1cccc(C(F)(F)F)c1/C=C/N(C)C. The van der Waals surface area contributed by atoms with Gasteiger partial charge in [-0.15, -0.1) is 5.23 Å². The molecule has 19 heavy (non-hydrogen) atoms. The largest absolute Gasteiger partial charge is 0.417 e. The number of nitrogens with zero attached hydrogens (tertiary/aromatic N) is 2. The second-order valence-corrected chi connectivity index (χ2v) is 3.97. The Morgan fingerprint density at radius 1 is 1.26 bits per heavy atom. The van der Waals surface area contributed by atoms with Crippen LogP contribution in [0, 0.1) is 0 Å². The number of hydrogen-bond donors (Lipinski definition) is 1. The maximum atomic E-state index is 12.9. The van der Waals surface area contributed by atoms with Gasteiger partial charge in [-0.05, 0) is 24.4 Å². The smallest absolute Gasteiger partial charge is 0.383 e. The second-order valence-electron chi connectivity index (χ2n) is 3.97. The van der Waals surface area contributed by atoms with Gasteiger partial charge in [0, 0.05) is 19.7 Å². The summed E-state index contributed by atoms with van der Waals surface area (Å²) in [5.74, 6) is 0. The van der Waals surface area contributed by atoms with Crippen LogP contribution in [-0.2, 0) is 11.0 Å². The molecule has 0 aliphatic heterocycles. The first-order valence-electron chi connectivity index (χ1n) is 5.35. The van der Waals surface area contributed by atoms with Gasteiger partial charge >= 0.3 is 6.18 Å². The fraction of sp³-hybridized carbons (Fsp3) is 0.333. The van der Waals surface area contributed by atoms with Crippen LogP contribution in [0.25, 0.3) is 6.08 Å². The number of anilines is 1. The Hall–Kier alpha value is -1.73. The van der Waals surface area contributed by atoms with Crippen LogP contribution in [-0.4, -0.2) is 31.3 Å². The summed E-state index contributed by atoms with van der Waals surface area (Å²) in [6.45, 7) is 0. The van der Waals surface area contributed by atoms with Crippen LogP contribution in [0.3, 0.4) is 0 Å². The van der Waals surface area contributed by atoms with E-state index in [2.05, 4.69) is 4.84 Å². The summed E-state index contributed by atoms with van der Waals surface area (Å²) in [6, 6.07) is 3.48. The van der Waals surface area contributed by atoms with Crippen LogP contribution in [0.2, 0.25) is 0 Å². The van der Waals surface area contributed by atoms with Gasteiger partial charge < -0.3 is 4.90 Å². The lowest BCUT2D eigenvalue weighted by molar-refractivity contribution is -0.137. The maximum absolute atomic E-state index is 12.9. The predicted molar refractivity (Wildman–Crippen MR) is 65.4 cm³/mol. The highest BCUT2D eigenvalue weighted by molar-refractivity contribution is 5.69. The third-order valence-corrected chi connectivity index (χ3v) is 2.31. The number of benzene rings is 1. The number of rotatable bonds is 4. The van der Waals surface area contributed by atoms with E-state index in [1.807, 2.05) is 0 Å². The van der Waals surface area contributed by atoms with Crippen LogP contribution in [0.4, 0.5) is 18.9 Å². The fourth-order valence-corrected chi connectivity index (χ4v) is 1.46. The first kappa shape index (κ1) is 15.3. The van der Waals surface area contributed by atoms with Gasteiger partial charge in [0.1, 0.15) is 5.69 Å². The van der Waals surface area contributed by atoms with Gasteiger partial charge in [0.05, 0.1) is 12.7 Å². The Balaban J connectivity index is 3.40. The Labute approximate surface area is 109 Å². The monoisotopic (exact) mass is 276 g/mol. The molecule has 0 aliphatic carbocycles. The van der Waals surface area contributed by atoms with Crippen LogP contribution >= 0.6 is 0 Å². The lowest BCUT2D eigenvalue weighted by Crippen LogP contribution is -2.19. The Morgan fingerprint density at radius 3 is 2.37 bits per heavy atom. The molecule has 0 unspecified atom stereocenters. The molecular formula is C12H15F3N2O2. The van der Waals surface area contributed by atoms with Crippen molar-refractivity contribution in [3.05, 3.63) is 35.5 Å². The van der Waals surface area contributed by atoms with Crippen molar-refractivity contribution in [3.8, 4) is 0 Å². The van der Waals surface area contributed by atoms with Gasteiger partial charge in [-0.25, -0.2) is 0 Å². The first-order chi connectivity index (χ1) is 8.77. The molecule has 0 aromatic heterocycles. The number of halogens is 3. The minimum absolute atomic E-state index is 0.0876. The molecule has 1 N–H and O–H groups in total. The highest BCUT2D eigenvalue weighted by Gasteiger charge is 2.34. The van der Waals surface area contributed by atoms with Crippen LogP contribution < -0.4 is 5.23 Å². The average molecular weight is 276 g/mol. The molecule has 0 spiro atoms. The molecule has 4 nitrogen and oxygen atoms in total. The lowest BCUT2D eigenvalue weighted by Gasteiger charge is -2.19. The van der Waals surface area contributed by atoms with Crippen molar-refractivity contribution in [1.29, 1.82) is 0 Å². The van der Waals surface area contributed by atoms with E-state index in [-0.39, 0.29) is 11.3 Å². The second kappa shape index (κ2) is 5.94. The van der Waals surface area contributed by atoms with Gasteiger partial charge in [-0.2, -0.15) is 13.2 Å². The molecule has 0 heterocycles. The first-order valence-corrected chi connectivity index (χ1v) is 5.35. The zero-order valence-corrected chi connectivity index (χ0v) is 10.8. The van der Waals surface area contributed by atoms with Gasteiger partial charge in [-0.3, -0.25) is 10.0 Å². The molecule has 0 saturated heterocycles. The van der Waals surface area contributed by atoms with E-state index in [0.29, 0.717) is 5.23 Å². The van der Waals surface area contributed by atoms with Crippen LogP contribution in [0.1, 0.15) is 11.1 Å². The van der Waals surface area contributed by atoms with E-state index in [9.17, 15) is 18.4 Å². The topological polar surface area (TPSA) is 35.9 Å². The highest BCUT2D eigenvalue weighted by Crippen LogP contribution is 2.36. The third kappa shape index (κ3) is 3.87. The summed E-state index contributed by atoms with van der Waals surface area (Å²) in [7, 11) is 4.51. The zero-order valence-electron chi connectivity index (χ0n) is 10.8. The molecule has 0 radical (unpaired) electrons. The van der Waals surface area contributed by atoms with Gasteiger partial charge in [-0.1, -0.05) is 6.07 Å². The minimum atomic E-state index is -4.52. The Kier molecular flexibility index (Phi) is 4.79. The Bertz CT molecular complexity index is 459. The van der Waals surface area contributed by atoms with Crippen molar-refractivity contribution in [2.45, 2.75) is 6.18 Å². The molecule has 0 fully saturated rings. The van der Waals surface area contributed by atoms with Crippen molar-refractivity contribution < 1.29 is 23.2 Å². The van der Waals surface area contributed by atoms with Gasteiger partial charge in [0.15, 0.2) is 0 Å². The van der Waals surface area contributed by atoms with Crippen molar-refractivity contribution in [3.63, 3.8) is 0 Å². The summed E-state index contributed by atoms with van der Waals surface area (Å²) in [5, 5.41) is 9.76. The van der Waals surface area contributed by atoms with Crippen molar-refractivity contribution in [2.75, 3.05) is 26.4 Å². The van der Waals surface area contributed by atoms with Crippen molar-refractivity contribution in [2.24, 2.45) is 0 Å². The number of hydrogen-bond acceptors (Lipinski definition) is 4. The average Bonchev–Trinajstić information content (AvgIpc) is 2.33. The maximum Gasteiger partial charge on any atom is 0.417 e. The predicted octanol–water partition coefficient (Wildman–Crippen LogP) is 2.99. The van der Waals surface area contributed by atoms with Crippen LogP contribution in [0.15, 0.2) is 24.4 Å². The Morgan fingerprint density at radius 2 is 1.89 bits per heavy atom. The fourth-order valence-electron chi connectivity index (χ4n) is 1.46. The molecule has 0 atom stereocenters. The summed E-state index contributed by atoms with van der Waals surface area (Å²) in [4.78, 5) is 6.11. The van der Waals surface area contributed by atoms with Gasteiger partial charge in [0.25, 0.3) is 0 Å². The molecule has 0 aliphatic rings. The van der Waals surface area contributed by atoms with E-state index in [1.54, 1.807) is 19.0 Å². The molecule has 1 aromatic carbocycles. The quantitative estimate of drug-likeness (QED) is 0.858. The van der Waals surface area contributed by atoms with E-state index in [0.717, 1.165) is 13.2 Å². The lowest BCUT2D eigenvalue weighted by atomic mass is 10.0. The van der Waals surface area contributed by atoms with Gasteiger partial charge in [0.2, 0.25) is 0 Å². The number of alkyl halides is 3. The van der Waals surface area contributed by atoms with E-state index < -0.39 is 11.7 Å². The molecule has 7 heteroatoms. The normalized spacial score (nSPS) is 11.9. The van der Waals surface area contributed by atoms with Crippen molar-refractivity contribution in [1.82, 2.24) is 4.90 Å². The summed E-state index contributed by atoms with van der Waals surface area (Å²) >= 11 is 0.